The first kappa shape index (κ1) is 86.3. The Morgan fingerprint density at radius 3 is 1.32 bits per heavy atom. The van der Waals surface area contributed by atoms with E-state index >= 15 is 0 Å². The summed E-state index contributed by atoms with van der Waals surface area (Å²) in [6.45, 7) is 39.8. The number of anilines is 7. The number of alkyl halides is 6. The maximum atomic E-state index is 14.0. The van der Waals surface area contributed by atoms with Gasteiger partial charge in [-0.15, -0.1) is 9.80 Å². The van der Waals surface area contributed by atoms with Crippen LogP contribution >= 0.6 is 27.5 Å². The zero-order chi connectivity index (χ0) is 79.5. The Morgan fingerprint density at radius 2 is 0.916 bits per heavy atom. The molecule has 10 heterocycles. The van der Waals surface area contributed by atoms with Crippen LogP contribution < -0.4 is 40.6 Å². The summed E-state index contributed by atoms with van der Waals surface area (Å²) in [6, 6.07) is 3.92. The Kier molecular flexibility index (Phi) is 29.1. The van der Waals surface area contributed by atoms with Crippen molar-refractivity contribution < 1.29 is 92.7 Å². The maximum Gasteiger partial charge on any atom is 0.498 e. The predicted molar refractivity (Wildman–Crippen MR) is 388 cm³/mol. The van der Waals surface area contributed by atoms with Gasteiger partial charge in [0.05, 0.1) is 86.3 Å². The zero-order valence-electron chi connectivity index (χ0n) is 63.2. The Labute approximate surface area is 631 Å². The van der Waals surface area contributed by atoms with E-state index in [1.807, 2.05) is 17.9 Å². The molecule has 0 saturated carbocycles. The van der Waals surface area contributed by atoms with E-state index in [1.54, 1.807) is 117 Å². The minimum atomic E-state index is -3.07. The molecule has 5 aliphatic rings. The van der Waals surface area contributed by atoms with Gasteiger partial charge in [0.25, 0.3) is 19.3 Å². The highest BCUT2D eigenvalue weighted by atomic mass is 79.9. The number of morpholine rings is 4. The number of rotatable bonds is 11. The summed E-state index contributed by atoms with van der Waals surface area (Å²) in [5, 5.41) is 0.482. The number of nitrogens with two attached hydrogens (primary N) is 1. The van der Waals surface area contributed by atoms with E-state index in [-0.39, 0.29) is 27.5 Å². The summed E-state index contributed by atoms with van der Waals surface area (Å²) >= 11 is 9.07. The molecule has 5 saturated heterocycles. The molecule has 590 valence electrons. The number of carbonyl (C=O) groups excluding carboxylic acids is 4. The second-order valence-electron chi connectivity index (χ2n) is 29.7. The fourth-order valence-corrected chi connectivity index (χ4v) is 10.7. The highest BCUT2D eigenvalue weighted by molar-refractivity contribution is 9.10. The smallest absolute Gasteiger partial charge is 0.443 e. The molecule has 5 aromatic heterocycles. The Morgan fingerprint density at radius 1 is 0.533 bits per heavy atom. The quantitative estimate of drug-likeness (QED) is 0.0555. The second kappa shape index (κ2) is 36.1. The van der Waals surface area contributed by atoms with E-state index in [2.05, 4.69) is 82.4 Å². The number of hydrogen-bond acceptors (Lipinski definition) is 29. The van der Waals surface area contributed by atoms with Gasteiger partial charge < -0.3 is 72.5 Å². The predicted octanol–water partition coefficient (Wildman–Crippen LogP) is 12.0. The summed E-state index contributed by atoms with van der Waals surface area (Å²) in [4.78, 5) is 101. The number of hydrogen-bond donors (Lipinski definition) is 1. The normalized spacial score (nSPS) is 18.3. The first-order valence-corrected chi connectivity index (χ1v) is 35.4. The third-order valence-electron chi connectivity index (χ3n) is 15.8. The van der Waals surface area contributed by atoms with Crippen molar-refractivity contribution in [2.45, 2.75) is 190 Å². The molecule has 40 heteroatoms. The Balaban J connectivity index is 0.000000202. The zero-order valence-corrected chi connectivity index (χ0v) is 65.6. The fraction of sp³-hybridized carbons (Fsp3) is 0.642. The van der Waals surface area contributed by atoms with Crippen molar-refractivity contribution in [2.75, 3.05) is 127 Å². The molecule has 31 nitrogen and oxygen atoms in total. The number of nitrogens with zero attached hydrogens (tertiary/aromatic N) is 16. The third-order valence-corrected chi connectivity index (χ3v) is 16.6. The average molecular weight is 1600 g/mol. The summed E-state index contributed by atoms with van der Waals surface area (Å²) in [5.41, 5.74) is -1.34. The second-order valence-corrected chi connectivity index (χ2v) is 31.0. The van der Waals surface area contributed by atoms with E-state index in [1.165, 1.54) is 6.20 Å². The van der Waals surface area contributed by atoms with Gasteiger partial charge >= 0.3 is 31.5 Å². The molecule has 5 fully saturated rings. The van der Waals surface area contributed by atoms with Gasteiger partial charge in [-0.3, -0.25) is 0 Å². The van der Waals surface area contributed by atoms with Crippen molar-refractivity contribution in [1.29, 1.82) is 0 Å². The molecule has 0 spiro atoms. The largest absolute Gasteiger partial charge is 0.498 e. The van der Waals surface area contributed by atoms with Gasteiger partial charge in [0.15, 0.2) is 0 Å². The molecule has 0 aliphatic carbocycles. The first-order chi connectivity index (χ1) is 49.7. The topological polar surface area (TPSA) is 335 Å². The van der Waals surface area contributed by atoms with Crippen LogP contribution in [0.2, 0.25) is 5.15 Å². The lowest BCUT2D eigenvalue weighted by molar-refractivity contribution is 0.00578. The molecule has 4 amide bonds. The van der Waals surface area contributed by atoms with Crippen LogP contribution in [0.15, 0.2) is 35.2 Å². The number of nitrogen functional groups attached to an aromatic ring is 1. The van der Waals surface area contributed by atoms with Gasteiger partial charge in [-0.25, -0.2) is 85.4 Å². The molecular formula is C67H94BBrClF6N17O14. The van der Waals surface area contributed by atoms with Crippen LogP contribution in [0.3, 0.4) is 0 Å². The van der Waals surface area contributed by atoms with Crippen LogP contribution in [0.5, 0.6) is 0 Å². The summed E-state index contributed by atoms with van der Waals surface area (Å²) in [6.07, 6.45) is -10.0. The highest BCUT2D eigenvalue weighted by Crippen LogP contribution is 2.39. The van der Waals surface area contributed by atoms with Crippen molar-refractivity contribution in [2.24, 2.45) is 0 Å². The van der Waals surface area contributed by atoms with E-state index in [4.69, 9.17) is 69.5 Å². The number of carbonyl (C=O) groups is 4. The molecule has 2 atom stereocenters. The van der Waals surface area contributed by atoms with Crippen LogP contribution in [0.1, 0.15) is 161 Å². The monoisotopic (exact) mass is 1600 g/mol. The lowest BCUT2D eigenvalue weighted by atomic mass is 9.79. The SMILES string of the molecule is CC(C)(C)OC(=O)N(C(=O)OC(C)(C)C)c1ncc(B2OC(C)(C)C(C)(C)O2)c(C(F)F)n1.CC(C)(C)OC(=O)N(C(=O)OC(C)(C)C)c1ncc(Br)c(C(F)F)n1.C[C@H]1COCCN1c1cc(-c2cnc(N)nc2C(F)F)nc(N2CCOCC2)n1.C[C@H]1COCCN1c1cc(Cl)nc(N2CCOCC2)n1. The summed E-state index contributed by atoms with van der Waals surface area (Å²) < 4.78 is 135. The molecule has 5 aliphatic heterocycles. The standard InChI is InChI=1S/C21H32BF2N3O6.C18H23F2N7O2.C15H20BrF2N3O4.C13H19ClN4O2/c1-18(2,3)30-16(28)27(17(29)31-19(4,5)6)15-25-11-12(13(26-15)14(23)24)22-32-20(7,8)21(9,10)33-22;1-11-10-29-7-4-27(11)14-8-13(12-9-22-17(21)25-15(12)16(19)20)23-18(24-14)26-2-5-28-6-3-26;1-14(2,3)24-12(22)21(13(23)25-15(4,5)6)11-19-7-8(16)9(20-11)10(17)18;1-10-9-20-7-4-18(10)12-8-11(14)15-13(16-12)17-2-5-19-6-3-17/h11,14H,1-10H3;8-9,11,16H,2-7,10H2,1H3,(H2,21,22,25);7,10H,1-6H3;8,10H,2-7,9H2,1H3/t;11-;;10-/m.0.0/s1. The van der Waals surface area contributed by atoms with Gasteiger partial charge in [-0.2, -0.15) is 9.97 Å². The Bertz CT molecular complexity index is 3800. The van der Waals surface area contributed by atoms with Gasteiger partial charge in [-0.1, -0.05) is 11.6 Å². The van der Waals surface area contributed by atoms with Crippen LogP contribution in [0.25, 0.3) is 11.3 Å². The molecule has 2 N–H and O–H groups in total. The van der Waals surface area contributed by atoms with Crippen molar-refractivity contribution in [1.82, 2.24) is 49.8 Å². The van der Waals surface area contributed by atoms with E-state index in [9.17, 15) is 45.5 Å². The molecule has 107 heavy (non-hydrogen) atoms. The fourth-order valence-electron chi connectivity index (χ4n) is 10.1. The third kappa shape index (κ3) is 24.5. The number of aromatic nitrogens is 10. The number of halogens is 8. The van der Waals surface area contributed by atoms with Gasteiger partial charge in [0.1, 0.15) is 56.3 Å². The average Bonchev–Trinajstić information content (AvgIpc) is 1.57. The molecule has 10 rings (SSSR count). The minimum Gasteiger partial charge on any atom is -0.443 e. The number of imide groups is 2. The van der Waals surface area contributed by atoms with Crippen molar-refractivity contribution >= 4 is 106 Å². The molecule has 5 aromatic rings. The lowest BCUT2D eigenvalue weighted by Gasteiger charge is -2.35. The van der Waals surface area contributed by atoms with Gasteiger partial charge in [0.2, 0.25) is 29.7 Å². The van der Waals surface area contributed by atoms with Crippen molar-refractivity contribution in [3.63, 3.8) is 0 Å². The molecule has 0 radical (unpaired) electrons. The molecule has 0 unspecified atom stereocenters. The number of amides is 4. The van der Waals surface area contributed by atoms with Crippen molar-refractivity contribution in [3.8, 4) is 11.3 Å². The summed E-state index contributed by atoms with van der Waals surface area (Å²) in [5.74, 6) is 1.31. The first-order valence-electron chi connectivity index (χ1n) is 34.2. The van der Waals surface area contributed by atoms with Crippen molar-refractivity contribution in [3.05, 3.63) is 57.4 Å². The van der Waals surface area contributed by atoms with Gasteiger partial charge in [0, 0.05) is 81.0 Å². The highest BCUT2D eigenvalue weighted by Gasteiger charge is 2.53. The molecule has 0 aromatic carbocycles. The minimum absolute atomic E-state index is 0.0559. The molecule has 0 bridgehead atoms. The summed E-state index contributed by atoms with van der Waals surface area (Å²) in [7, 11) is -1.16. The van der Waals surface area contributed by atoms with Crippen LogP contribution in [-0.4, -0.2) is 219 Å². The van der Waals surface area contributed by atoms with Crippen LogP contribution in [0, 0.1) is 0 Å². The van der Waals surface area contributed by atoms with E-state index in [0.29, 0.717) is 110 Å². The van der Waals surface area contributed by atoms with Crippen LogP contribution in [0.4, 0.5) is 86.9 Å². The maximum absolute atomic E-state index is 14.0. The number of ether oxygens (including phenoxy) is 8. The van der Waals surface area contributed by atoms with E-state index < -0.39 is 113 Å². The van der Waals surface area contributed by atoms with Gasteiger partial charge in [-0.05, 0) is 141 Å². The van der Waals surface area contributed by atoms with Crippen LogP contribution in [-0.2, 0) is 47.2 Å². The Hall–Kier alpha value is -7.95. The van der Waals surface area contributed by atoms with E-state index in [0.717, 1.165) is 44.5 Å². The lowest BCUT2D eigenvalue weighted by Crippen LogP contribution is -2.45. The molecular weight excluding hydrogens is 1510 g/mol.